The van der Waals surface area contributed by atoms with Crippen molar-refractivity contribution < 1.29 is 0 Å². The van der Waals surface area contributed by atoms with Gasteiger partial charge < -0.3 is 5.73 Å². The second-order valence-electron chi connectivity index (χ2n) is 4.02. The third kappa shape index (κ3) is 3.31. The van der Waals surface area contributed by atoms with E-state index in [9.17, 15) is 0 Å². The number of aryl methyl sites for hydroxylation is 1. The zero-order valence-electron chi connectivity index (χ0n) is 10.6. The van der Waals surface area contributed by atoms with Crippen LogP contribution in [0, 0.1) is 0 Å². The molecular formula is C13H17N3S2. The molecule has 0 saturated heterocycles. The minimum Gasteiger partial charge on any atom is -0.324 e. The molecule has 0 spiro atoms. The zero-order chi connectivity index (χ0) is 13.0. The molecule has 0 amide bonds. The van der Waals surface area contributed by atoms with Crippen LogP contribution < -0.4 is 5.73 Å². The van der Waals surface area contributed by atoms with Crippen molar-refractivity contribution in [3.05, 3.63) is 35.7 Å². The second-order valence-corrected chi connectivity index (χ2v) is 6.09. The first-order valence-corrected chi connectivity index (χ1v) is 7.68. The summed E-state index contributed by atoms with van der Waals surface area (Å²) >= 11 is 3.12. The Kier molecular flexibility index (Phi) is 4.74. The molecule has 2 N–H and O–H groups in total. The highest BCUT2D eigenvalue weighted by atomic mass is 32.2. The van der Waals surface area contributed by atoms with Crippen LogP contribution >= 0.6 is 23.3 Å². The van der Waals surface area contributed by atoms with E-state index in [2.05, 4.69) is 47.5 Å². The maximum Gasteiger partial charge on any atom is 0.174 e. The average molecular weight is 279 g/mol. The first-order valence-electron chi connectivity index (χ1n) is 6.09. The Hall–Kier alpha value is -0.910. The Labute approximate surface area is 116 Å². The highest BCUT2D eigenvalue weighted by Crippen LogP contribution is 2.29. The number of rotatable bonds is 5. The minimum atomic E-state index is 0.136. The van der Waals surface area contributed by atoms with Gasteiger partial charge in [0.2, 0.25) is 0 Å². The average Bonchev–Trinajstić information content (AvgIpc) is 2.86. The first kappa shape index (κ1) is 13.5. The number of aromatic nitrogens is 2. The lowest BCUT2D eigenvalue weighted by molar-refractivity contribution is 0.698. The molecule has 0 aliphatic carbocycles. The molecule has 0 unspecified atom stereocenters. The Morgan fingerprint density at radius 3 is 2.56 bits per heavy atom. The Bertz CT molecular complexity index is 493. The number of hydrogen-bond donors (Lipinski definition) is 1. The van der Waals surface area contributed by atoms with E-state index < -0.39 is 0 Å². The lowest BCUT2D eigenvalue weighted by Crippen LogP contribution is -2.07. The van der Waals surface area contributed by atoms with E-state index in [0.717, 1.165) is 23.0 Å². The summed E-state index contributed by atoms with van der Waals surface area (Å²) < 4.78 is 5.28. The van der Waals surface area contributed by atoms with E-state index in [1.165, 1.54) is 22.0 Å². The van der Waals surface area contributed by atoms with E-state index in [-0.39, 0.29) is 6.04 Å². The molecule has 3 nitrogen and oxygen atoms in total. The van der Waals surface area contributed by atoms with Crippen LogP contribution in [-0.4, -0.2) is 9.36 Å². The fourth-order valence-electron chi connectivity index (χ4n) is 1.54. The van der Waals surface area contributed by atoms with Gasteiger partial charge in [0, 0.05) is 17.4 Å². The van der Waals surface area contributed by atoms with Gasteiger partial charge in [-0.05, 0) is 35.6 Å². The smallest absolute Gasteiger partial charge is 0.174 e. The zero-order valence-corrected chi connectivity index (χ0v) is 12.2. The van der Waals surface area contributed by atoms with Gasteiger partial charge in [-0.3, -0.25) is 0 Å². The minimum absolute atomic E-state index is 0.136. The predicted octanol–water partition coefficient (Wildman–Crippen LogP) is 3.66. The summed E-state index contributed by atoms with van der Waals surface area (Å²) in [4.78, 5) is 5.62. The molecule has 0 aliphatic rings. The quantitative estimate of drug-likeness (QED) is 0.907. The molecule has 0 saturated carbocycles. The van der Waals surface area contributed by atoms with Crippen molar-refractivity contribution in [3.63, 3.8) is 0 Å². The summed E-state index contributed by atoms with van der Waals surface area (Å²) in [6.45, 7) is 4.16. The highest BCUT2D eigenvalue weighted by Gasteiger charge is 2.06. The monoisotopic (exact) mass is 279 g/mol. The van der Waals surface area contributed by atoms with Crippen LogP contribution in [0.4, 0.5) is 0 Å². The predicted molar refractivity (Wildman–Crippen MR) is 77.1 cm³/mol. The number of nitrogens with two attached hydrogens (primary N) is 1. The summed E-state index contributed by atoms with van der Waals surface area (Å²) in [6, 6.07) is 8.53. The first-order chi connectivity index (χ1) is 8.72. The lowest BCUT2D eigenvalue weighted by atomic mass is 10.1. The van der Waals surface area contributed by atoms with E-state index in [1.54, 1.807) is 11.8 Å². The molecule has 0 fully saturated rings. The summed E-state index contributed by atoms with van der Waals surface area (Å²) in [5.74, 6) is 0.923. The molecular weight excluding hydrogens is 262 g/mol. The highest BCUT2D eigenvalue weighted by molar-refractivity contribution is 8.01. The van der Waals surface area contributed by atoms with Crippen molar-refractivity contribution >= 4 is 23.3 Å². The normalized spacial score (nSPS) is 12.6. The van der Waals surface area contributed by atoms with Crippen LogP contribution in [0.25, 0.3) is 0 Å². The molecule has 1 atom stereocenters. The van der Waals surface area contributed by atoms with Gasteiger partial charge in [0.05, 0.1) is 0 Å². The van der Waals surface area contributed by atoms with E-state index in [0.29, 0.717) is 0 Å². The van der Waals surface area contributed by atoms with Crippen LogP contribution in [0.3, 0.4) is 0 Å². The largest absolute Gasteiger partial charge is 0.324 e. The van der Waals surface area contributed by atoms with Crippen LogP contribution in [0.15, 0.2) is 33.5 Å². The van der Waals surface area contributed by atoms with E-state index in [1.807, 2.05) is 0 Å². The lowest BCUT2D eigenvalue weighted by Gasteiger charge is -2.09. The fraction of sp³-hybridized carbons (Fsp3) is 0.385. The molecule has 2 rings (SSSR count). The molecule has 0 bridgehead atoms. The Morgan fingerprint density at radius 2 is 2.00 bits per heavy atom. The van der Waals surface area contributed by atoms with Gasteiger partial charge in [0.15, 0.2) is 4.34 Å². The molecule has 0 radical (unpaired) electrons. The van der Waals surface area contributed by atoms with E-state index >= 15 is 0 Å². The van der Waals surface area contributed by atoms with Gasteiger partial charge in [-0.1, -0.05) is 37.7 Å². The molecule has 1 aromatic carbocycles. The van der Waals surface area contributed by atoms with Crippen LogP contribution in [0.1, 0.15) is 37.7 Å². The molecule has 5 heteroatoms. The van der Waals surface area contributed by atoms with Gasteiger partial charge in [-0.2, -0.15) is 4.37 Å². The van der Waals surface area contributed by atoms with Gasteiger partial charge in [-0.15, -0.1) is 0 Å². The van der Waals surface area contributed by atoms with Gasteiger partial charge in [-0.25, -0.2) is 4.98 Å². The van der Waals surface area contributed by atoms with Gasteiger partial charge in [0.25, 0.3) is 0 Å². The Morgan fingerprint density at radius 1 is 1.28 bits per heavy atom. The number of hydrogen-bond acceptors (Lipinski definition) is 5. The summed E-state index contributed by atoms with van der Waals surface area (Å²) in [5.41, 5.74) is 7.18. The summed E-state index contributed by atoms with van der Waals surface area (Å²) in [5, 5.41) is 0. The molecule has 2 aromatic rings. The van der Waals surface area contributed by atoms with Crippen molar-refractivity contribution in [1.29, 1.82) is 0 Å². The van der Waals surface area contributed by atoms with Crippen molar-refractivity contribution in [1.82, 2.24) is 9.36 Å². The van der Waals surface area contributed by atoms with Crippen LogP contribution in [0.2, 0.25) is 0 Å². The van der Waals surface area contributed by atoms with Crippen LogP contribution in [-0.2, 0) is 6.42 Å². The van der Waals surface area contributed by atoms with Crippen molar-refractivity contribution in [2.45, 2.75) is 42.0 Å². The molecule has 0 aliphatic heterocycles. The summed E-state index contributed by atoms with van der Waals surface area (Å²) in [6.07, 6.45) is 1.85. The van der Waals surface area contributed by atoms with Crippen LogP contribution in [0.5, 0.6) is 0 Å². The maximum atomic E-state index is 5.99. The SMILES string of the molecule is CCc1nsc(Sc2ccc([C@@H](N)CC)cc2)n1. The second kappa shape index (κ2) is 6.31. The van der Waals surface area contributed by atoms with Gasteiger partial charge in [0.1, 0.15) is 5.82 Å². The number of benzene rings is 1. The van der Waals surface area contributed by atoms with E-state index in [4.69, 9.17) is 5.73 Å². The summed E-state index contributed by atoms with van der Waals surface area (Å²) in [7, 11) is 0. The third-order valence-electron chi connectivity index (χ3n) is 2.72. The van der Waals surface area contributed by atoms with Crippen molar-refractivity contribution in [2.75, 3.05) is 0 Å². The third-order valence-corrected chi connectivity index (χ3v) is 4.52. The number of nitrogens with zero attached hydrogens (tertiary/aromatic N) is 2. The fourth-order valence-corrected chi connectivity index (χ4v) is 3.22. The Balaban J connectivity index is 2.06. The van der Waals surface area contributed by atoms with Gasteiger partial charge >= 0.3 is 0 Å². The topological polar surface area (TPSA) is 51.8 Å². The maximum absolute atomic E-state index is 5.99. The standard InChI is InChI=1S/C13H17N3S2/c1-3-11(14)9-5-7-10(8-6-9)17-13-15-12(4-2)16-18-13/h5-8,11H,3-4,14H2,1-2H3/t11-/m0/s1. The van der Waals surface area contributed by atoms with Crippen molar-refractivity contribution in [3.8, 4) is 0 Å². The molecule has 1 heterocycles. The molecule has 96 valence electrons. The van der Waals surface area contributed by atoms with Crippen molar-refractivity contribution in [2.24, 2.45) is 5.73 Å². The molecule has 1 aromatic heterocycles. The molecule has 18 heavy (non-hydrogen) atoms.